The van der Waals surface area contributed by atoms with Gasteiger partial charge in [0, 0.05) is 16.9 Å². The molecule has 0 saturated carbocycles. The summed E-state index contributed by atoms with van der Waals surface area (Å²) >= 11 is 0. The molecule has 1 rings (SSSR count). The number of nitrogens with zero attached hydrogens (tertiary/aromatic N) is 5. The summed E-state index contributed by atoms with van der Waals surface area (Å²) in [5.74, 6) is -0.137. The van der Waals surface area contributed by atoms with Crippen molar-refractivity contribution in [1.82, 2.24) is 4.90 Å². The third-order valence-electron chi connectivity index (χ3n) is 3.17. The summed E-state index contributed by atoms with van der Waals surface area (Å²) in [6.45, 7) is 2.02. The number of nitriles is 1. The molecule has 3 atom stereocenters. The number of hydrogen-bond donors (Lipinski definition) is 0. The van der Waals surface area contributed by atoms with Crippen LogP contribution in [-0.2, 0) is 0 Å². The minimum absolute atomic E-state index is 0.0996. The van der Waals surface area contributed by atoms with E-state index in [1.54, 1.807) is 0 Å². The van der Waals surface area contributed by atoms with Crippen LogP contribution >= 0.6 is 0 Å². The summed E-state index contributed by atoms with van der Waals surface area (Å²) in [5, 5.41) is 12.8. The Hall–Kier alpha value is -2.02. The average Bonchev–Trinajstić information content (AvgIpc) is 2.39. The molecule has 94 valence electrons. The normalized spacial score (nSPS) is 15.3. The summed E-state index contributed by atoms with van der Waals surface area (Å²) in [6.07, 6.45) is 0. The maximum atomic E-state index is 9.19. The fraction of sp³-hybridized carbons (Fsp3) is 0.462. The molecule has 0 heterocycles. The molecule has 1 aromatic carbocycles. The molecule has 0 fully saturated rings. The standard InChI is InChI=1S/C13H17N5/c1-10(18(2)3)13(12(9-14)16-17-15)11-7-5-4-6-8-11/h4-8,10,12-13H,1-3H3/t10-,12-,13+/m0/s1. The molecule has 0 aliphatic rings. The first-order chi connectivity index (χ1) is 8.61. The SMILES string of the molecule is C[C@@H]([C@H](c1ccccc1)[C@H](C#N)N=[N+]=[N-])N(C)C. The maximum Gasteiger partial charge on any atom is 0.133 e. The maximum absolute atomic E-state index is 9.19. The molecule has 0 unspecified atom stereocenters. The highest BCUT2D eigenvalue weighted by molar-refractivity contribution is 5.26. The van der Waals surface area contributed by atoms with E-state index in [0.29, 0.717) is 0 Å². The van der Waals surface area contributed by atoms with Crippen molar-refractivity contribution in [3.05, 3.63) is 46.3 Å². The Labute approximate surface area is 107 Å². The smallest absolute Gasteiger partial charge is 0.133 e. The number of azide groups is 1. The Morgan fingerprint density at radius 3 is 2.39 bits per heavy atom. The van der Waals surface area contributed by atoms with Crippen molar-refractivity contribution in [1.29, 1.82) is 5.26 Å². The minimum Gasteiger partial charge on any atom is -0.306 e. The van der Waals surface area contributed by atoms with Crippen molar-refractivity contribution < 1.29 is 0 Å². The summed E-state index contributed by atoms with van der Waals surface area (Å²) in [6, 6.07) is 11.2. The molecule has 1 aromatic rings. The minimum atomic E-state index is -0.699. The van der Waals surface area contributed by atoms with Crippen LogP contribution in [0.3, 0.4) is 0 Å². The number of likely N-dealkylation sites (N-methyl/N-ethyl adjacent to an activating group) is 1. The number of benzene rings is 1. The summed E-state index contributed by atoms with van der Waals surface area (Å²) in [7, 11) is 3.90. The Morgan fingerprint density at radius 1 is 1.33 bits per heavy atom. The largest absolute Gasteiger partial charge is 0.306 e. The number of rotatable bonds is 5. The second-order valence-electron chi connectivity index (χ2n) is 4.42. The van der Waals surface area contributed by atoms with E-state index in [9.17, 15) is 5.26 Å². The zero-order valence-corrected chi connectivity index (χ0v) is 10.9. The van der Waals surface area contributed by atoms with Gasteiger partial charge in [-0.1, -0.05) is 35.4 Å². The summed E-state index contributed by atoms with van der Waals surface area (Å²) in [4.78, 5) is 4.80. The lowest BCUT2D eigenvalue weighted by atomic mass is 9.86. The van der Waals surface area contributed by atoms with Gasteiger partial charge in [0.15, 0.2) is 0 Å². The van der Waals surface area contributed by atoms with Gasteiger partial charge >= 0.3 is 0 Å². The van der Waals surface area contributed by atoms with Crippen LogP contribution in [0, 0.1) is 11.3 Å². The quantitative estimate of drug-likeness (QED) is 0.453. The van der Waals surface area contributed by atoms with E-state index in [-0.39, 0.29) is 12.0 Å². The van der Waals surface area contributed by atoms with E-state index in [0.717, 1.165) is 5.56 Å². The predicted octanol–water partition coefficient (Wildman–Crippen LogP) is 2.92. The van der Waals surface area contributed by atoms with Gasteiger partial charge in [-0.3, -0.25) is 0 Å². The molecule has 5 heteroatoms. The molecular formula is C13H17N5. The van der Waals surface area contributed by atoms with E-state index in [1.807, 2.05) is 56.3 Å². The van der Waals surface area contributed by atoms with Gasteiger partial charge < -0.3 is 4.90 Å². The lowest BCUT2D eigenvalue weighted by molar-refractivity contribution is 0.262. The lowest BCUT2D eigenvalue weighted by Gasteiger charge is -2.31. The van der Waals surface area contributed by atoms with Gasteiger partial charge in [-0.2, -0.15) is 5.26 Å². The highest BCUT2D eigenvalue weighted by Crippen LogP contribution is 2.27. The highest BCUT2D eigenvalue weighted by Gasteiger charge is 2.28. The van der Waals surface area contributed by atoms with Gasteiger partial charge in [0.2, 0.25) is 0 Å². The Kier molecular flexibility index (Phi) is 5.19. The van der Waals surface area contributed by atoms with Crippen LogP contribution in [-0.4, -0.2) is 31.1 Å². The Morgan fingerprint density at radius 2 is 1.94 bits per heavy atom. The van der Waals surface area contributed by atoms with E-state index >= 15 is 0 Å². The molecule has 0 aliphatic heterocycles. The molecule has 0 saturated heterocycles. The topological polar surface area (TPSA) is 75.8 Å². The lowest BCUT2D eigenvalue weighted by Crippen LogP contribution is -2.36. The van der Waals surface area contributed by atoms with Gasteiger partial charge in [0.1, 0.15) is 6.04 Å². The fourth-order valence-corrected chi connectivity index (χ4v) is 1.95. The average molecular weight is 243 g/mol. The predicted molar refractivity (Wildman–Crippen MR) is 70.9 cm³/mol. The van der Waals surface area contributed by atoms with Crippen molar-refractivity contribution >= 4 is 0 Å². The van der Waals surface area contributed by atoms with E-state index in [2.05, 4.69) is 16.1 Å². The second kappa shape index (κ2) is 6.65. The zero-order chi connectivity index (χ0) is 13.5. The molecule has 0 N–H and O–H groups in total. The van der Waals surface area contributed by atoms with Gasteiger partial charge in [-0.15, -0.1) is 0 Å². The highest BCUT2D eigenvalue weighted by atomic mass is 15.2. The van der Waals surface area contributed by atoms with Gasteiger partial charge in [-0.05, 0) is 32.1 Å². The van der Waals surface area contributed by atoms with Crippen molar-refractivity contribution in [2.75, 3.05) is 14.1 Å². The van der Waals surface area contributed by atoms with Crippen LogP contribution < -0.4 is 0 Å². The molecule has 0 radical (unpaired) electrons. The van der Waals surface area contributed by atoms with Crippen molar-refractivity contribution in [3.8, 4) is 6.07 Å². The first-order valence-corrected chi connectivity index (χ1v) is 5.77. The molecule has 0 aromatic heterocycles. The van der Waals surface area contributed by atoms with E-state index in [4.69, 9.17) is 5.53 Å². The van der Waals surface area contributed by atoms with Crippen LogP contribution in [0.25, 0.3) is 10.4 Å². The summed E-state index contributed by atoms with van der Waals surface area (Å²) in [5.41, 5.74) is 9.59. The van der Waals surface area contributed by atoms with Crippen molar-refractivity contribution in [3.63, 3.8) is 0 Å². The fourth-order valence-electron chi connectivity index (χ4n) is 1.95. The Bertz CT molecular complexity index is 456. The molecule has 0 aliphatic carbocycles. The first-order valence-electron chi connectivity index (χ1n) is 5.77. The van der Waals surface area contributed by atoms with Crippen LogP contribution in [0.5, 0.6) is 0 Å². The molecule has 0 spiro atoms. The van der Waals surface area contributed by atoms with Crippen LogP contribution in [0.4, 0.5) is 0 Å². The van der Waals surface area contributed by atoms with Crippen LogP contribution in [0.1, 0.15) is 18.4 Å². The summed E-state index contributed by atoms with van der Waals surface area (Å²) < 4.78 is 0. The third kappa shape index (κ3) is 3.24. The molecular weight excluding hydrogens is 226 g/mol. The third-order valence-corrected chi connectivity index (χ3v) is 3.17. The van der Waals surface area contributed by atoms with Crippen LogP contribution in [0.15, 0.2) is 35.4 Å². The molecule has 5 nitrogen and oxygen atoms in total. The number of hydrogen-bond acceptors (Lipinski definition) is 3. The molecule has 18 heavy (non-hydrogen) atoms. The second-order valence-corrected chi connectivity index (χ2v) is 4.42. The molecule has 0 amide bonds. The first kappa shape index (κ1) is 14.0. The van der Waals surface area contributed by atoms with Crippen molar-refractivity contribution in [2.24, 2.45) is 5.11 Å². The van der Waals surface area contributed by atoms with E-state index in [1.165, 1.54) is 0 Å². The van der Waals surface area contributed by atoms with Crippen molar-refractivity contribution in [2.45, 2.75) is 24.9 Å². The van der Waals surface area contributed by atoms with Crippen LogP contribution in [0.2, 0.25) is 0 Å². The monoisotopic (exact) mass is 243 g/mol. The Balaban J connectivity index is 3.18. The zero-order valence-electron chi connectivity index (χ0n) is 10.9. The van der Waals surface area contributed by atoms with Gasteiger partial charge in [0.05, 0.1) is 6.07 Å². The van der Waals surface area contributed by atoms with E-state index < -0.39 is 6.04 Å². The van der Waals surface area contributed by atoms with Gasteiger partial charge in [-0.25, -0.2) is 0 Å². The van der Waals surface area contributed by atoms with Gasteiger partial charge in [0.25, 0.3) is 0 Å². The molecule has 0 bridgehead atoms.